The van der Waals surface area contributed by atoms with Crippen molar-refractivity contribution in [2.45, 2.75) is 62.4 Å². The number of halogens is 4. The van der Waals surface area contributed by atoms with E-state index in [-0.39, 0.29) is 48.0 Å². The van der Waals surface area contributed by atoms with E-state index in [1.807, 2.05) is 0 Å². The molecule has 252 valence electrons. The molecule has 1 aromatic heterocycles. The van der Waals surface area contributed by atoms with Crippen LogP contribution in [0.4, 0.5) is 23.4 Å². The number of ether oxygens (including phenoxy) is 1. The Morgan fingerprint density at radius 3 is 2.50 bits per heavy atom. The molecule has 4 aliphatic rings. The Bertz CT molecular complexity index is 1800. The number of primary amides is 1. The number of fused-ring (bicyclic) bond motifs is 2. The molecule has 0 unspecified atom stereocenters. The minimum atomic E-state index is -4.71. The SMILES string of the molecule is CCN1C(=O)[C@@H](NC(=O)c2cccc(C(F)(F)F)c2)[C@@H](c2ccc(F)cc2)c2c(C(=O)N3[C@@H]4C[C@@H]4C[C@H]3C(N)=O)nn([C@H]3CCOC3)c21. The fourth-order valence-corrected chi connectivity index (χ4v) is 7.37. The van der Waals surface area contributed by atoms with Crippen molar-refractivity contribution >= 4 is 29.4 Å². The first-order valence-corrected chi connectivity index (χ1v) is 15.8. The fraction of sp³-hybridized carbons (Fsp3) is 0.424. The standard InChI is InChI=1S/C33H32F4N6O5/c1-2-41-30-25(27(40-43(30)21-10-11-48-15-21)32(47)42-22-13-18(22)14-23(42)28(38)44)24(16-6-8-20(34)9-7-16)26(31(41)46)39-29(45)17-4-3-5-19(12-17)33(35,36)37/h3-9,12,18,21-24,26H,2,10-11,13-15H2,1H3,(H2,38,44)(H,39,45)/t18-,21+,22-,23+,24+,26+/m1/s1. The first-order chi connectivity index (χ1) is 22.9. The van der Waals surface area contributed by atoms with Crippen LogP contribution in [0.5, 0.6) is 0 Å². The number of carbonyl (C=O) groups excluding carboxylic acids is 4. The van der Waals surface area contributed by atoms with Gasteiger partial charge in [-0.3, -0.25) is 24.1 Å². The van der Waals surface area contributed by atoms with E-state index in [2.05, 4.69) is 5.32 Å². The molecule has 0 bridgehead atoms. The smallest absolute Gasteiger partial charge is 0.379 e. The Morgan fingerprint density at radius 1 is 1.10 bits per heavy atom. The van der Waals surface area contributed by atoms with E-state index in [4.69, 9.17) is 15.6 Å². The molecule has 4 heterocycles. The minimum absolute atomic E-state index is 0.0608. The van der Waals surface area contributed by atoms with Crippen LogP contribution in [0, 0.1) is 11.7 Å². The topological polar surface area (TPSA) is 140 Å². The number of amides is 4. The van der Waals surface area contributed by atoms with Gasteiger partial charge in [0, 0.05) is 36.2 Å². The summed E-state index contributed by atoms with van der Waals surface area (Å²) in [4.78, 5) is 57.8. The Kier molecular flexibility index (Phi) is 7.76. The lowest BCUT2D eigenvalue weighted by atomic mass is 9.80. The third kappa shape index (κ3) is 5.29. The fourth-order valence-electron chi connectivity index (χ4n) is 7.37. The summed E-state index contributed by atoms with van der Waals surface area (Å²) < 4.78 is 62.0. The van der Waals surface area contributed by atoms with E-state index in [0.717, 1.165) is 12.1 Å². The summed E-state index contributed by atoms with van der Waals surface area (Å²) in [7, 11) is 0. The second kappa shape index (κ2) is 11.7. The normalized spacial score (nSPS) is 26.3. The van der Waals surface area contributed by atoms with Crippen molar-refractivity contribution in [1.29, 1.82) is 0 Å². The van der Waals surface area contributed by atoms with Crippen molar-refractivity contribution in [3.05, 3.63) is 82.3 Å². The minimum Gasteiger partial charge on any atom is -0.379 e. The second-order valence-corrected chi connectivity index (χ2v) is 12.6. The van der Waals surface area contributed by atoms with Gasteiger partial charge < -0.3 is 20.7 Å². The third-order valence-electron chi connectivity index (χ3n) is 9.76. The van der Waals surface area contributed by atoms with E-state index < -0.39 is 59.2 Å². The van der Waals surface area contributed by atoms with Gasteiger partial charge in [-0.1, -0.05) is 18.2 Å². The maximum atomic E-state index is 14.5. The zero-order chi connectivity index (χ0) is 34.1. The lowest BCUT2D eigenvalue weighted by Crippen LogP contribution is -2.56. The van der Waals surface area contributed by atoms with Crippen molar-refractivity contribution in [3.63, 3.8) is 0 Å². The second-order valence-electron chi connectivity index (χ2n) is 12.6. The van der Waals surface area contributed by atoms with Crippen LogP contribution < -0.4 is 16.0 Å². The maximum Gasteiger partial charge on any atom is 0.416 e. The molecule has 6 atom stereocenters. The number of piperidine rings is 1. The van der Waals surface area contributed by atoms with Crippen molar-refractivity contribution in [1.82, 2.24) is 20.0 Å². The van der Waals surface area contributed by atoms with Crippen LogP contribution in [0.25, 0.3) is 0 Å². The summed E-state index contributed by atoms with van der Waals surface area (Å²) in [6.45, 7) is 2.46. The van der Waals surface area contributed by atoms with Gasteiger partial charge in [0.1, 0.15) is 23.7 Å². The lowest BCUT2D eigenvalue weighted by molar-refractivity contribution is -0.137. The van der Waals surface area contributed by atoms with Gasteiger partial charge in [0.25, 0.3) is 17.7 Å². The van der Waals surface area contributed by atoms with Crippen molar-refractivity contribution < 1.29 is 41.5 Å². The monoisotopic (exact) mass is 668 g/mol. The van der Waals surface area contributed by atoms with Crippen molar-refractivity contribution in [2.75, 3.05) is 24.7 Å². The van der Waals surface area contributed by atoms with Gasteiger partial charge in [-0.05, 0) is 68.0 Å². The van der Waals surface area contributed by atoms with Crippen LogP contribution >= 0.6 is 0 Å². The number of anilines is 1. The van der Waals surface area contributed by atoms with E-state index in [9.17, 15) is 36.7 Å². The molecule has 2 saturated heterocycles. The van der Waals surface area contributed by atoms with Gasteiger partial charge in [-0.15, -0.1) is 0 Å². The first-order valence-electron chi connectivity index (χ1n) is 15.8. The molecule has 2 aromatic carbocycles. The molecule has 3 aromatic rings. The summed E-state index contributed by atoms with van der Waals surface area (Å²) in [5, 5.41) is 7.43. The molecular weight excluding hydrogens is 636 g/mol. The largest absolute Gasteiger partial charge is 0.416 e. The number of nitrogens with zero attached hydrogens (tertiary/aromatic N) is 4. The molecule has 1 aliphatic carbocycles. The zero-order valence-corrected chi connectivity index (χ0v) is 25.7. The highest BCUT2D eigenvalue weighted by Crippen LogP contribution is 2.50. The highest BCUT2D eigenvalue weighted by Gasteiger charge is 2.57. The number of nitrogens with one attached hydrogen (secondary N) is 1. The van der Waals surface area contributed by atoms with Gasteiger partial charge in [0.15, 0.2) is 5.69 Å². The van der Waals surface area contributed by atoms with Crippen LogP contribution in [-0.2, 0) is 20.5 Å². The summed E-state index contributed by atoms with van der Waals surface area (Å²) >= 11 is 0. The first kappa shape index (κ1) is 31.8. The maximum absolute atomic E-state index is 14.5. The van der Waals surface area contributed by atoms with Gasteiger partial charge in [0.05, 0.1) is 18.2 Å². The van der Waals surface area contributed by atoms with Gasteiger partial charge in [0.2, 0.25) is 5.91 Å². The Labute approximate surface area is 272 Å². The number of nitrogens with two attached hydrogens (primary N) is 1. The number of likely N-dealkylation sites (N-methyl/N-ethyl adjacent to an activating group) is 1. The van der Waals surface area contributed by atoms with E-state index >= 15 is 0 Å². The predicted molar refractivity (Wildman–Crippen MR) is 161 cm³/mol. The molecule has 3 fully saturated rings. The highest BCUT2D eigenvalue weighted by atomic mass is 19.4. The number of rotatable bonds is 7. The number of carbonyl (C=O) groups is 4. The molecule has 4 amide bonds. The van der Waals surface area contributed by atoms with Gasteiger partial charge in [-0.2, -0.15) is 18.3 Å². The van der Waals surface area contributed by atoms with Crippen LogP contribution in [0.2, 0.25) is 0 Å². The van der Waals surface area contributed by atoms with Crippen LogP contribution in [-0.4, -0.2) is 76.2 Å². The molecule has 3 aliphatic heterocycles. The number of likely N-dealkylation sites (tertiary alicyclic amines) is 1. The number of hydrogen-bond donors (Lipinski definition) is 2. The van der Waals surface area contributed by atoms with Crippen LogP contribution in [0.1, 0.15) is 75.7 Å². The highest BCUT2D eigenvalue weighted by molar-refractivity contribution is 6.08. The van der Waals surface area contributed by atoms with Crippen LogP contribution in [0.15, 0.2) is 48.5 Å². The molecular formula is C33H32F4N6O5. The number of alkyl halides is 3. The van der Waals surface area contributed by atoms with E-state index in [1.54, 1.807) is 11.6 Å². The molecule has 0 spiro atoms. The molecule has 48 heavy (non-hydrogen) atoms. The van der Waals surface area contributed by atoms with Gasteiger partial charge >= 0.3 is 6.18 Å². The van der Waals surface area contributed by atoms with Crippen molar-refractivity contribution in [2.24, 2.45) is 11.7 Å². The number of aromatic nitrogens is 2. The zero-order valence-electron chi connectivity index (χ0n) is 25.7. The quantitative estimate of drug-likeness (QED) is 0.370. The molecule has 1 saturated carbocycles. The number of hydrogen-bond acceptors (Lipinski definition) is 6. The predicted octanol–water partition coefficient (Wildman–Crippen LogP) is 3.39. The lowest BCUT2D eigenvalue weighted by Gasteiger charge is -2.39. The Hall–Kier alpha value is -4.79. The summed E-state index contributed by atoms with van der Waals surface area (Å²) in [5.74, 6) is -4.06. The molecule has 15 heteroatoms. The van der Waals surface area contributed by atoms with E-state index in [1.165, 1.54) is 40.1 Å². The summed E-state index contributed by atoms with van der Waals surface area (Å²) in [6.07, 6.45) is -3.07. The molecule has 0 radical (unpaired) electrons. The molecule has 11 nitrogen and oxygen atoms in total. The third-order valence-corrected chi connectivity index (χ3v) is 9.76. The Balaban J connectivity index is 1.40. The average Bonchev–Trinajstić information content (AvgIpc) is 3.39. The Morgan fingerprint density at radius 2 is 1.85 bits per heavy atom. The van der Waals surface area contributed by atoms with Crippen molar-refractivity contribution in [3.8, 4) is 0 Å². The average molecular weight is 669 g/mol. The molecule has 3 N–H and O–H groups in total. The summed E-state index contributed by atoms with van der Waals surface area (Å²) in [6, 6.07) is 6.14. The van der Waals surface area contributed by atoms with E-state index in [0.29, 0.717) is 43.3 Å². The molecule has 7 rings (SSSR count). The summed E-state index contributed by atoms with van der Waals surface area (Å²) in [5.41, 5.74) is 4.89. The van der Waals surface area contributed by atoms with Crippen LogP contribution in [0.3, 0.4) is 0 Å². The number of benzene rings is 2. The van der Waals surface area contributed by atoms with Gasteiger partial charge in [-0.25, -0.2) is 9.07 Å².